The lowest BCUT2D eigenvalue weighted by molar-refractivity contribution is -0.383. The van der Waals surface area contributed by atoms with Crippen LogP contribution in [-0.2, 0) is 0 Å². The molecule has 0 atom stereocenters. The van der Waals surface area contributed by atoms with Crippen LogP contribution in [0.25, 0.3) is 11.3 Å². The van der Waals surface area contributed by atoms with E-state index in [-0.39, 0.29) is 11.5 Å². The molecule has 0 spiro atoms. The summed E-state index contributed by atoms with van der Waals surface area (Å²) in [6.07, 6.45) is 1.34. The monoisotopic (exact) mass is 272 g/mol. The van der Waals surface area contributed by atoms with E-state index >= 15 is 0 Å². The highest BCUT2D eigenvalue weighted by atomic mass is 16.6. The summed E-state index contributed by atoms with van der Waals surface area (Å²) in [5.74, 6) is 0.220. The zero-order valence-electron chi connectivity index (χ0n) is 11.9. The van der Waals surface area contributed by atoms with E-state index in [0.717, 1.165) is 22.3 Å². The maximum absolute atomic E-state index is 11.3. The lowest BCUT2D eigenvalue weighted by Gasteiger charge is -2.11. The number of nitrogens with zero attached hydrogens (tertiary/aromatic N) is 3. The van der Waals surface area contributed by atoms with E-state index in [1.165, 1.54) is 6.33 Å². The van der Waals surface area contributed by atoms with Gasteiger partial charge in [0.1, 0.15) is 6.33 Å². The van der Waals surface area contributed by atoms with Crippen LogP contribution in [-0.4, -0.2) is 21.9 Å². The van der Waals surface area contributed by atoms with Crippen LogP contribution >= 0.6 is 0 Å². The minimum atomic E-state index is -0.449. The van der Waals surface area contributed by atoms with Gasteiger partial charge in [0, 0.05) is 12.6 Å². The van der Waals surface area contributed by atoms with Gasteiger partial charge in [-0.25, -0.2) is 9.97 Å². The molecule has 20 heavy (non-hydrogen) atoms. The summed E-state index contributed by atoms with van der Waals surface area (Å²) < 4.78 is 0. The summed E-state index contributed by atoms with van der Waals surface area (Å²) in [5, 5.41) is 14.1. The largest absolute Gasteiger partial charge is 0.367 e. The van der Waals surface area contributed by atoms with Crippen molar-refractivity contribution in [3.05, 3.63) is 45.3 Å². The second-order valence-electron chi connectivity index (χ2n) is 4.68. The molecule has 0 aliphatic rings. The molecule has 2 rings (SSSR count). The first-order valence-corrected chi connectivity index (χ1v) is 6.21. The molecule has 6 heteroatoms. The fourth-order valence-corrected chi connectivity index (χ4v) is 2.15. The van der Waals surface area contributed by atoms with Crippen LogP contribution in [0, 0.1) is 30.9 Å². The summed E-state index contributed by atoms with van der Waals surface area (Å²) in [6, 6.07) is 3.94. The molecular formula is C14H16N4O2. The molecule has 0 fully saturated rings. The number of rotatable bonds is 3. The molecule has 0 radical (unpaired) electrons. The van der Waals surface area contributed by atoms with Crippen LogP contribution in [0.5, 0.6) is 0 Å². The third-order valence-electron chi connectivity index (χ3n) is 3.34. The maximum atomic E-state index is 11.3. The number of nitro groups is 1. The minimum absolute atomic E-state index is 0.0960. The van der Waals surface area contributed by atoms with Gasteiger partial charge < -0.3 is 5.32 Å². The number of aromatic nitrogens is 2. The first kappa shape index (κ1) is 13.9. The van der Waals surface area contributed by atoms with Crippen molar-refractivity contribution in [2.45, 2.75) is 20.8 Å². The molecule has 6 nitrogen and oxygen atoms in total. The Morgan fingerprint density at radius 2 is 1.75 bits per heavy atom. The van der Waals surface area contributed by atoms with Crippen molar-refractivity contribution in [1.29, 1.82) is 0 Å². The van der Waals surface area contributed by atoms with Crippen LogP contribution in [0.4, 0.5) is 11.5 Å². The molecule has 2 aromatic rings. The predicted octanol–water partition coefficient (Wildman–Crippen LogP) is 3.02. The average molecular weight is 272 g/mol. The van der Waals surface area contributed by atoms with Crippen molar-refractivity contribution in [3.8, 4) is 11.3 Å². The topological polar surface area (TPSA) is 81.0 Å². The van der Waals surface area contributed by atoms with E-state index in [1.807, 2.05) is 32.9 Å². The minimum Gasteiger partial charge on any atom is -0.367 e. The van der Waals surface area contributed by atoms with Crippen molar-refractivity contribution in [2.75, 3.05) is 12.4 Å². The fourth-order valence-electron chi connectivity index (χ4n) is 2.15. The van der Waals surface area contributed by atoms with E-state index in [1.54, 1.807) is 7.05 Å². The van der Waals surface area contributed by atoms with Crippen molar-refractivity contribution < 1.29 is 4.92 Å². The van der Waals surface area contributed by atoms with Gasteiger partial charge in [0.25, 0.3) is 0 Å². The quantitative estimate of drug-likeness (QED) is 0.686. The SMILES string of the molecule is CNc1ncnc(-c2cc(C)c(C)cc2C)c1[N+](=O)[O-]. The summed E-state index contributed by atoms with van der Waals surface area (Å²) in [7, 11) is 1.60. The van der Waals surface area contributed by atoms with Crippen LogP contribution in [0.1, 0.15) is 16.7 Å². The van der Waals surface area contributed by atoms with Crippen molar-refractivity contribution in [1.82, 2.24) is 9.97 Å². The standard InChI is InChI=1S/C14H16N4O2/c1-8-5-10(3)11(6-9(8)2)12-13(18(19)20)14(15-4)17-7-16-12/h5-7H,1-4H3,(H,15,16,17). The van der Waals surface area contributed by atoms with Gasteiger partial charge >= 0.3 is 5.69 Å². The Morgan fingerprint density at radius 3 is 2.35 bits per heavy atom. The molecule has 1 heterocycles. The fraction of sp³-hybridized carbons (Fsp3) is 0.286. The first-order valence-electron chi connectivity index (χ1n) is 6.21. The van der Waals surface area contributed by atoms with Gasteiger partial charge in [-0.2, -0.15) is 0 Å². The lowest BCUT2D eigenvalue weighted by atomic mass is 9.98. The highest BCUT2D eigenvalue weighted by Gasteiger charge is 2.24. The van der Waals surface area contributed by atoms with E-state index in [4.69, 9.17) is 0 Å². The highest BCUT2D eigenvalue weighted by Crippen LogP contribution is 2.35. The number of nitrogens with one attached hydrogen (secondary N) is 1. The normalized spacial score (nSPS) is 10.4. The van der Waals surface area contributed by atoms with Gasteiger partial charge in [-0.3, -0.25) is 10.1 Å². The third-order valence-corrected chi connectivity index (χ3v) is 3.34. The van der Waals surface area contributed by atoms with Gasteiger partial charge in [-0.05, 0) is 43.5 Å². The molecule has 0 amide bonds. The molecule has 0 bridgehead atoms. The van der Waals surface area contributed by atoms with E-state index in [2.05, 4.69) is 15.3 Å². The zero-order valence-corrected chi connectivity index (χ0v) is 11.9. The Hall–Kier alpha value is -2.50. The van der Waals surface area contributed by atoms with Crippen molar-refractivity contribution >= 4 is 11.5 Å². The molecule has 1 N–H and O–H groups in total. The first-order chi connectivity index (χ1) is 9.45. The number of anilines is 1. The van der Waals surface area contributed by atoms with Crippen LogP contribution in [0.3, 0.4) is 0 Å². The van der Waals surface area contributed by atoms with Crippen molar-refractivity contribution in [3.63, 3.8) is 0 Å². The van der Waals surface area contributed by atoms with Crippen LogP contribution in [0.2, 0.25) is 0 Å². The molecular weight excluding hydrogens is 256 g/mol. The Morgan fingerprint density at radius 1 is 1.10 bits per heavy atom. The Kier molecular flexibility index (Phi) is 3.65. The average Bonchev–Trinajstić information content (AvgIpc) is 2.41. The second-order valence-corrected chi connectivity index (χ2v) is 4.68. The molecule has 0 aliphatic heterocycles. The van der Waals surface area contributed by atoms with Gasteiger partial charge in [0.2, 0.25) is 5.82 Å². The van der Waals surface area contributed by atoms with Gasteiger partial charge in [0.05, 0.1) is 4.92 Å². The highest BCUT2D eigenvalue weighted by molar-refractivity contribution is 5.79. The molecule has 104 valence electrons. The van der Waals surface area contributed by atoms with Crippen LogP contribution < -0.4 is 5.32 Å². The van der Waals surface area contributed by atoms with Gasteiger partial charge in [0.15, 0.2) is 5.69 Å². The maximum Gasteiger partial charge on any atom is 0.337 e. The van der Waals surface area contributed by atoms with E-state index < -0.39 is 4.92 Å². The van der Waals surface area contributed by atoms with Crippen molar-refractivity contribution in [2.24, 2.45) is 0 Å². The lowest BCUT2D eigenvalue weighted by Crippen LogP contribution is -2.04. The summed E-state index contributed by atoms with van der Waals surface area (Å²) >= 11 is 0. The third kappa shape index (κ3) is 2.32. The van der Waals surface area contributed by atoms with Crippen LogP contribution in [0.15, 0.2) is 18.5 Å². The zero-order chi connectivity index (χ0) is 14.9. The molecule has 0 saturated heterocycles. The summed E-state index contributed by atoms with van der Waals surface area (Å²) in [5.41, 5.74) is 4.19. The Balaban J connectivity index is 2.76. The smallest absolute Gasteiger partial charge is 0.337 e. The molecule has 0 saturated carbocycles. The van der Waals surface area contributed by atoms with E-state index in [9.17, 15) is 10.1 Å². The van der Waals surface area contributed by atoms with Gasteiger partial charge in [-0.1, -0.05) is 6.07 Å². The molecule has 0 unspecified atom stereocenters. The second kappa shape index (κ2) is 5.24. The number of hydrogen-bond acceptors (Lipinski definition) is 5. The number of hydrogen-bond donors (Lipinski definition) is 1. The molecule has 0 aliphatic carbocycles. The molecule has 1 aromatic heterocycles. The summed E-state index contributed by atoms with van der Waals surface area (Å²) in [4.78, 5) is 18.9. The number of aryl methyl sites for hydroxylation is 3. The van der Waals surface area contributed by atoms with E-state index in [0.29, 0.717) is 5.69 Å². The Labute approximate surface area is 117 Å². The van der Waals surface area contributed by atoms with Gasteiger partial charge in [-0.15, -0.1) is 0 Å². The summed E-state index contributed by atoms with van der Waals surface area (Å²) in [6.45, 7) is 5.91. The Bertz CT molecular complexity index is 683. The molecule has 1 aromatic carbocycles. The number of benzene rings is 1. The predicted molar refractivity (Wildman–Crippen MR) is 77.9 cm³/mol.